The summed E-state index contributed by atoms with van der Waals surface area (Å²) in [6.07, 6.45) is 0. The zero-order valence-electron chi connectivity index (χ0n) is 8.70. The van der Waals surface area contributed by atoms with E-state index in [1.807, 2.05) is 0 Å². The van der Waals surface area contributed by atoms with Gasteiger partial charge in [0.1, 0.15) is 0 Å². The Labute approximate surface area is 86.2 Å². The van der Waals surface area contributed by atoms with E-state index in [-0.39, 0.29) is 0 Å². The average molecular weight is 239 g/mol. The van der Waals surface area contributed by atoms with Crippen LogP contribution < -0.4 is 4.35 Å². The molecular formula is C11H18AsN. The van der Waals surface area contributed by atoms with E-state index in [0.717, 1.165) is 0 Å². The van der Waals surface area contributed by atoms with Gasteiger partial charge in [-0.1, -0.05) is 0 Å². The molecule has 1 atom stereocenters. The van der Waals surface area contributed by atoms with Crippen LogP contribution in [0.1, 0.15) is 13.8 Å². The van der Waals surface area contributed by atoms with Gasteiger partial charge in [-0.15, -0.1) is 0 Å². The molecule has 13 heavy (non-hydrogen) atoms. The maximum absolute atomic E-state index is 2.60. The first kappa shape index (κ1) is 10.8. The zero-order valence-corrected chi connectivity index (χ0v) is 10.6. The first-order valence-corrected chi connectivity index (χ1v) is 8.48. The molecule has 0 aromatic heterocycles. The molecule has 0 amide bonds. The summed E-state index contributed by atoms with van der Waals surface area (Å²) >= 11 is -0.911. The van der Waals surface area contributed by atoms with Gasteiger partial charge >= 0.3 is 86.0 Å². The number of hydrogen-bond acceptors (Lipinski definition) is 1. The van der Waals surface area contributed by atoms with Crippen LogP contribution in [0.5, 0.6) is 0 Å². The zero-order chi connectivity index (χ0) is 9.68. The Bertz CT molecular complexity index is 231. The molecule has 1 aromatic rings. The van der Waals surface area contributed by atoms with Crippen LogP contribution in [0.4, 0.5) is 0 Å². The fraction of sp³-hybridized carbons (Fsp3) is 0.455. The van der Waals surface area contributed by atoms with Crippen LogP contribution in [0.15, 0.2) is 30.3 Å². The van der Waals surface area contributed by atoms with Gasteiger partial charge < -0.3 is 0 Å². The fourth-order valence-corrected chi connectivity index (χ4v) is 5.19. The summed E-state index contributed by atoms with van der Waals surface area (Å²) < 4.78 is 4.15. The predicted octanol–water partition coefficient (Wildman–Crippen LogP) is 1.86. The molecule has 0 heterocycles. The molecule has 0 fully saturated rings. The minimum atomic E-state index is -0.911. The Morgan fingerprint density at radius 3 is 2.08 bits per heavy atom. The Hall–Kier alpha value is -0.262. The van der Waals surface area contributed by atoms with E-state index < -0.39 is 14.9 Å². The van der Waals surface area contributed by atoms with Gasteiger partial charge in [0.2, 0.25) is 0 Å². The number of benzene rings is 1. The van der Waals surface area contributed by atoms with Gasteiger partial charge in [0, 0.05) is 0 Å². The van der Waals surface area contributed by atoms with Crippen LogP contribution in [0.2, 0.25) is 5.71 Å². The van der Waals surface area contributed by atoms with Crippen molar-refractivity contribution in [1.29, 1.82) is 0 Å². The van der Waals surface area contributed by atoms with E-state index in [9.17, 15) is 0 Å². The second-order valence-corrected chi connectivity index (χ2v) is 7.47. The van der Waals surface area contributed by atoms with Crippen molar-refractivity contribution >= 4 is 19.2 Å². The van der Waals surface area contributed by atoms with Crippen molar-refractivity contribution in [3.05, 3.63) is 30.3 Å². The molecule has 0 aliphatic rings. The predicted molar refractivity (Wildman–Crippen MR) is 60.6 cm³/mol. The summed E-state index contributed by atoms with van der Waals surface area (Å²) in [5.74, 6) is 0. The molecule has 1 nitrogen and oxygen atoms in total. The molecule has 0 saturated heterocycles. The Morgan fingerprint density at radius 2 is 1.62 bits per heavy atom. The van der Waals surface area contributed by atoms with Crippen LogP contribution in [0.3, 0.4) is 0 Å². The monoisotopic (exact) mass is 239 g/mol. The van der Waals surface area contributed by atoms with Crippen LogP contribution in [0, 0.1) is 0 Å². The number of rotatable bonds is 4. The number of hydrogen-bond donors (Lipinski definition) is 0. The summed E-state index contributed by atoms with van der Waals surface area (Å²) in [6.45, 7) is 6.86. The van der Waals surface area contributed by atoms with Gasteiger partial charge in [-0.2, -0.15) is 0 Å². The van der Waals surface area contributed by atoms with Crippen molar-refractivity contribution in [2.45, 2.75) is 19.6 Å². The molecule has 72 valence electrons. The second kappa shape index (κ2) is 5.46. The first-order valence-electron chi connectivity index (χ1n) is 4.83. The third-order valence-electron chi connectivity index (χ3n) is 2.28. The van der Waals surface area contributed by atoms with Gasteiger partial charge in [-0.05, 0) is 0 Å². The van der Waals surface area contributed by atoms with Crippen LogP contribution in [-0.4, -0.2) is 31.8 Å². The van der Waals surface area contributed by atoms with Gasteiger partial charge in [0.15, 0.2) is 0 Å². The van der Waals surface area contributed by atoms with Crippen molar-refractivity contribution in [2.75, 3.05) is 13.1 Å². The van der Waals surface area contributed by atoms with Gasteiger partial charge in [-0.25, -0.2) is 0 Å². The van der Waals surface area contributed by atoms with E-state index in [1.54, 1.807) is 4.35 Å². The van der Waals surface area contributed by atoms with Crippen LogP contribution >= 0.6 is 0 Å². The molecule has 0 radical (unpaired) electrons. The van der Waals surface area contributed by atoms with Crippen molar-refractivity contribution in [3.63, 3.8) is 0 Å². The van der Waals surface area contributed by atoms with E-state index in [0.29, 0.717) is 0 Å². The van der Waals surface area contributed by atoms with Crippen molar-refractivity contribution in [3.8, 4) is 0 Å². The average Bonchev–Trinajstić information content (AvgIpc) is 2.21. The van der Waals surface area contributed by atoms with Crippen LogP contribution in [-0.2, 0) is 0 Å². The molecule has 2 heteroatoms. The molecule has 1 rings (SSSR count). The van der Waals surface area contributed by atoms with Crippen molar-refractivity contribution < 1.29 is 0 Å². The second-order valence-electron chi connectivity index (χ2n) is 3.00. The minimum absolute atomic E-state index is 0.911. The first-order chi connectivity index (χ1) is 6.29. The van der Waals surface area contributed by atoms with Gasteiger partial charge in [0.05, 0.1) is 0 Å². The molecule has 0 bridgehead atoms. The third kappa shape index (κ3) is 2.86. The summed E-state index contributed by atoms with van der Waals surface area (Å²) in [4.78, 5) is 0. The number of nitrogens with zero attached hydrogens (tertiary/aromatic N) is 1. The Balaban J connectivity index is 2.72. The molecule has 0 aliphatic carbocycles. The van der Waals surface area contributed by atoms with E-state index in [4.69, 9.17) is 0 Å². The standard InChI is InChI=1S/C11H18AsN/c1-4-13(5-2)12(3)11-9-7-6-8-10-11/h6-10H,4-5H2,1-3H3. The molecule has 0 aliphatic heterocycles. The van der Waals surface area contributed by atoms with E-state index in [1.165, 1.54) is 13.1 Å². The Kier molecular flexibility index (Phi) is 4.55. The van der Waals surface area contributed by atoms with E-state index >= 15 is 0 Å². The van der Waals surface area contributed by atoms with Crippen LogP contribution in [0.25, 0.3) is 0 Å². The molecule has 1 aromatic carbocycles. The molecule has 1 unspecified atom stereocenters. The Morgan fingerprint density at radius 1 is 1.08 bits per heavy atom. The topological polar surface area (TPSA) is 3.24 Å². The molecule has 0 N–H and O–H groups in total. The maximum atomic E-state index is 2.60. The summed E-state index contributed by atoms with van der Waals surface area (Å²) in [6, 6.07) is 10.9. The SMILES string of the molecule is CCN(CC)[As](C)c1ccccc1. The molecule has 0 spiro atoms. The third-order valence-corrected chi connectivity index (χ3v) is 7.44. The summed E-state index contributed by atoms with van der Waals surface area (Å²) in [5, 5.41) is 0. The van der Waals surface area contributed by atoms with Gasteiger partial charge in [0.25, 0.3) is 0 Å². The molecular weight excluding hydrogens is 221 g/mol. The summed E-state index contributed by atoms with van der Waals surface area (Å²) in [7, 11) is 0. The van der Waals surface area contributed by atoms with Crippen molar-refractivity contribution in [2.24, 2.45) is 0 Å². The fourth-order valence-electron chi connectivity index (χ4n) is 1.45. The van der Waals surface area contributed by atoms with Gasteiger partial charge in [-0.3, -0.25) is 0 Å². The van der Waals surface area contributed by atoms with Crippen molar-refractivity contribution in [1.82, 2.24) is 3.82 Å². The normalized spacial score (nSPS) is 13.2. The molecule has 0 saturated carbocycles. The summed E-state index contributed by atoms with van der Waals surface area (Å²) in [5.41, 5.74) is 2.41. The quantitative estimate of drug-likeness (QED) is 0.725. The van der Waals surface area contributed by atoms with E-state index in [2.05, 4.69) is 53.7 Å².